The fourth-order valence-corrected chi connectivity index (χ4v) is 4.29. The van der Waals surface area contributed by atoms with Gasteiger partial charge >= 0.3 is 0 Å². The summed E-state index contributed by atoms with van der Waals surface area (Å²) in [5, 5.41) is 6.62. The van der Waals surface area contributed by atoms with Crippen LogP contribution < -0.4 is 20.1 Å². The fourth-order valence-electron chi connectivity index (χ4n) is 3.18. The summed E-state index contributed by atoms with van der Waals surface area (Å²) in [7, 11) is 3.08. The van der Waals surface area contributed by atoms with Crippen LogP contribution in [0.25, 0.3) is 0 Å². The predicted molar refractivity (Wildman–Crippen MR) is 132 cm³/mol. The van der Waals surface area contributed by atoms with E-state index in [1.807, 2.05) is 19.9 Å². The number of benzene rings is 2. The molecule has 0 bridgehead atoms. The molecule has 0 saturated heterocycles. The number of amides is 2. The maximum Gasteiger partial charge on any atom is 0.258 e. The van der Waals surface area contributed by atoms with Crippen LogP contribution in [-0.2, 0) is 4.79 Å². The molecular formula is C24H24ClN3O4S. The third-order valence-electron chi connectivity index (χ3n) is 4.64. The second-order valence-electron chi connectivity index (χ2n) is 7.13. The first kappa shape index (κ1) is 24.4. The molecule has 0 saturated carbocycles. The number of halogens is 1. The Kier molecular flexibility index (Phi) is 8.19. The minimum absolute atomic E-state index is 0.0466. The van der Waals surface area contributed by atoms with E-state index in [0.29, 0.717) is 38.5 Å². The van der Waals surface area contributed by atoms with Crippen LogP contribution in [0.3, 0.4) is 0 Å². The van der Waals surface area contributed by atoms with Gasteiger partial charge < -0.3 is 20.1 Å². The largest absolute Gasteiger partial charge is 0.497 e. The lowest BCUT2D eigenvalue weighted by Crippen LogP contribution is -2.18. The van der Waals surface area contributed by atoms with Gasteiger partial charge in [-0.3, -0.25) is 9.59 Å². The number of methoxy groups -OCH3 is 2. The van der Waals surface area contributed by atoms with E-state index in [9.17, 15) is 9.59 Å². The minimum atomic E-state index is -0.312. The highest BCUT2D eigenvalue weighted by molar-refractivity contribution is 8.00. The lowest BCUT2D eigenvalue weighted by molar-refractivity contribution is -0.113. The van der Waals surface area contributed by atoms with Crippen molar-refractivity contribution in [3.8, 4) is 11.5 Å². The first-order valence-electron chi connectivity index (χ1n) is 10.0. The maximum absolute atomic E-state index is 13.1. The Hall–Kier alpha value is -3.23. The quantitative estimate of drug-likeness (QED) is 0.418. The van der Waals surface area contributed by atoms with Gasteiger partial charge in [0, 0.05) is 22.5 Å². The Labute approximate surface area is 201 Å². The minimum Gasteiger partial charge on any atom is -0.497 e. The first-order valence-corrected chi connectivity index (χ1v) is 11.4. The summed E-state index contributed by atoms with van der Waals surface area (Å²) in [6.45, 7) is 3.69. The monoisotopic (exact) mass is 485 g/mol. The normalized spacial score (nSPS) is 10.5. The Balaban J connectivity index is 1.77. The van der Waals surface area contributed by atoms with Crippen LogP contribution in [0.1, 0.15) is 21.6 Å². The third-order valence-corrected chi connectivity index (χ3v) is 5.85. The van der Waals surface area contributed by atoms with Crippen LogP contribution in [0.5, 0.6) is 11.5 Å². The number of aromatic nitrogens is 1. The second kappa shape index (κ2) is 11.1. The van der Waals surface area contributed by atoms with E-state index < -0.39 is 0 Å². The number of carbonyl (C=O) groups is 2. The molecule has 0 spiro atoms. The number of aryl methyl sites for hydroxylation is 2. The Morgan fingerprint density at radius 3 is 2.55 bits per heavy atom. The molecule has 3 rings (SSSR count). The summed E-state index contributed by atoms with van der Waals surface area (Å²) in [4.78, 5) is 30.2. The highest BCUT2D eigenvalue weighted by atomic mass is 35.5. The van der Waals surface area contributed by atoms with Crippen molar-refractivity contribution in [1.82, 2.24) is 4.98 Å². The van der Waals surface area contributed by atoms with Crippen molar-refractivity contribution in [2.24, 2.45) is 0 Å². The van der Waals surface area contributed by atoms with E-state index >= 15 is 0 Å². The van der Waals surface area contributed by atoms with E-state index in [1.165, 1.54) is 18.9 Å². The number of anilines is 2. The summed E-state index contributed by atoms with van der Waals surface area (Å²) in [5.41, 5.74) is 3.01. The lowest BCUT2D eigenvalue weighted by Gasteiger charge is -2.14. The lowest BCUT2D eigenvalue weighted by atomic mass is 10.1. The number of rotatable bonds is 8. The van der Waals surface area contributed by atoms with Gasteiger partial charge in [-0.1, -0.05) is 29.4 Å². The number of nitrogens with zero attached hydrogens (tertiary/aromatic N) is 1. The SMILES string of the molecule is COc1cccc(NC(=O)c2c(C)cc(C)nc2SCC(=O)Nc2cc(Cl)ccc2OC)c1. The van der Waals surface area contributed by atoms with E-state index in [1.54, 1.807) is 49.6 Å². The van der Waals surface area contributed by atoms with Crippen LogP contribution >= 0.6 is 23.4 Å². The van der Waals surface area contributed by atoms with Gasteiger partial charge in [-0.05, 0) is 55.8 Å². The average molecular weight is 486 g/mol. The first-order chi connectivity index (χ1) is 15.8. The van der Waals surface area contributed by atoms with Crippen molar-refractivity contribution >= 4 is 46.6 Å². The van der Waals surface area contributed by atoms with Crippen LogP contribution in [0.2, 0.25) is 5.02 Å². The van der Waals surface area contributed by atoms with Gasteiger partial charge in [0.25, 0.3) is 5.91 Å². The number of carbonyl (C=O) groups excluding carboxylic acids is 2. The molecule has 33 heavy (non-hydrogen) atoms. The van der Waals surface area contributed by atoms with Gasteiger partial charge in [0.15, 0.2) is 0 Å². The van der Waals surface area contributed by atoms with Crippen molar-refractivity contribution < 1.29 is 19.1 Å². The molecule has 1 aromatic heterocycles. The van der Waals surface area contributed by atoms with E-state index in [-0.39, 0.29) is 17.6 Å². The molecule has 0 fully saturated rings. The molecule has 0 aliphatic heterocycles. The summed E-state index contributed by atoms with van der Waals surface area (Å²) in [6, 6.07) is 13.9. The molecule has 2 N–H and O–H groups in total. The second-order valence-corrected chi connectivity index (χ2v) is 8.53. The molecule has 0 aliphatic carbocycles. The molecule has 3 aromatic rings. The van der Waals surface area contributed by atoms with E-state index in [4.69, 9.17) is 21.1 Å². The number of ether oxygens (including phenoxy) is 2. The van der Waals surface area contributed by atoms with Crippen LogP contribution in [-0.4, -0.2) is 36.8 Å². The summed E-state index contributed by atoms with van der Waals surface area (Å²) in [6.07, 6.45) is 0. The number of hydrogen-bond acceptors (Lipinski definition) is 6. The van der Waals surface area contributed by atoms with Crippen LogP contribution in [0.15, 0.2) is 53.6 Å². The molecule has 0 unspecified atom stereocenters. The molecule has 1 heterocycles. The average Bonchev–Trinajstić information content (AvgIpc) is 2.77. The van der Waals surface area contributed by atoms with Gasteiger partial charge in [0.05, 0.1) is 31.2 Å². The molecule has 172 valence electrons. The zero-order valence-corrected chi connectivity index (χ0v) is 20.3. The van der Waals surface area contributed by atoms with Gasteiger partial charge in [-0.25, -0.2) is 4.98 Å². The smallest absolute Gasteiger partial charge is 0.258 e. The fraction of sp³-hybridized carbons (Fsp3) is 0.208. The van der Waals surface area contributed by atoms with Crippen molar-refractivity contribution in [3.05, 3.63) is 70.4 Å². The zero-order chi connectivity index (χ0) is 24.0. The number of hydrogen-bond donors (Lipinski definition) is 2. The Bertz CT molecular complexity index is 1190. The summed E-state index contributed by atoms with van der Waals surface area (Å²) >= 11 is 7.22. The maximum atomic E-state index is 13.1. The van der Waals surface area contributed by atoms with Crippen molar-refractivity contribution in [1.29, 1.82) is 0 Å². The topological polar surface area (TPSA) is 89.5 Å². The third kappa shape index (κ3) is 6.40. The van der Waals surface area contributed by atoms with Crippen molar-refractivity contribution in [2.75, 3.05) is 30.6 Å². The number of nitrogens with one attached hydrogen (secondary N) is 2. The molecule has 7 nitrogen and oxygen atoms in total. The molecule has 0 atom stereocenters. The number of thioether (sulfide) groups is 1. The van der Waals surface area contributed by atoms with Crippen LogP contribution in [0.4, 0.5) is 11.4 Å². The van der Waals surface area contributed by atoms with Gasteiger partial charge in [0.1, 0.15) is 16.5 Å². The Morgan fingerprint density at radius 1 is 1.03 bits per heavy atom. The van der Waals surface area contributed by atoms with E-state index in [0.717, 1.165) is 11.3 Å². The molecular weight excluding hydrogens is 462 g/mol. The van der Waals surface area contributed by atoms with Crippen molar-refractivity contribution in [2.45, 2.75) is 18.9 Å². The predicted octanol–water partition coefficient (Wildman–Crippen LogP) is 5.35. The molecule has 9 heteroatoms. The van der Waals surface area contributed by atoms with Gasteiger partial charge in [-0.2, -0.15) is 0 Å². The van der Waals surface area contributed by atoms with E-state index in [2.05, 4.69) is 15.6 Å². The van der Waals surface area contributed by atoms with Gasteiger partial charge in [-0.15, -0.1) is 0 Å². The summed E-state index contributed by atoms with van der Waals surface area (Å²) in [5.74, 6) is 0.591. The standard InChI is InChI=1S/C24H24ClN3O4S/c1-14-10-15(2)26-24(22(14)23(30)27-17-6-5-7-18(12-17)31-3)33-13-21(29)28-19-11-16(25)8-9-20(19)32-4/h5-12H,13H2,1-4H3,(H,27,30)(H,28,29). The van der Waals surface area contributed by atoms with Gasteiger partial charge in [0.2, 0.25) is 5.91 Å². The highest BCUT2D eigenvalue weighted by Crippen LogP contribution is 2.29. The molecule has 0 radical (unpaired) electrons. The van der Waals surface area contributed by atoms with Crippen LogP contribution in [0, 0.1) is 13.8 Å². The molecule has 2 aromatic carbocycles. The number of pyridine rings is 1. The molecule has 2 amide bonds. The van der Waals surface area contributed by atoms with Crippen molar-refractivity contribution in [3.63, 3.8) is 0 Å². The highest BCUT2D eigenvalue weighted by Gasteiger charge is 2.19. The Morgan fingerprint density at radius 2 is 1.82 bits per heavy atom. The summed E-state index contributed by atoms with van der Waals surface area (Å²) < 4.78 is 10.5. The zero-order valence-electron chi connectivity index (χ0n) is 18.7. The molecule has 0 aliphatic rings.